The first-order valence-corrected chi connectivity index (χ1v) is 19.3. The van der Waals surface area contributed by atoms with Gasteiger partial charge in [0.25, 0.3) is 0 Å². The van der Waals surface area contributed by atoms with E-state index in [2.05, 4.69) is 48.8 Å². The molecule has 10 heteroatoms. The van der Waals surface area contributed by atoms with Crippen molar-refractivity contribution in [3.8, 4) is 0 Å². The molecule has 0 aromatic heterocycles. The van der Waals surface area contributed by atoms with Crippen LogP contribution in [-0.2, 0) is 19.3 Å². The molecular formula is C38H78Cl2N4O4. The Morgan fingerprint density at radius 2 is 0.646 bits per heavy atom. The molecule has 0 atom stereocenters. The van der Waals surface area contributed by atoms with E-state index >= 15 is 0 Å². The van der Waals surface area contributed by atoms with Crippen LogP contribution in [0, 0.1) is 0 Å². The molecule has 0 heterocycles. The van der Waals surface area contributed by atoms with Gasteiger partial charge in [-0.05, 0) is 38.5 Å². The zero-order valence-electron chi connectivity index (χ0n) is 31.3. The quantitative estimate of drug-likeness (QED) is 0.0436. The van der Waals surface area contributed by atoms with Crippen LogP contribution in [0.4, 0.5) is 0 Å². The summed E-state index contributed by atoms with van der Waals surface area (Å²) in [6, 6.07) is 0. The van der Waals surface area contributed by atoms with Crippen LogP contribution >= 0.6 is 0 Å². The lowest BCUT2D eigenvalue weighted by Crippen LogP contribution is -3.00. The van der Waals surface area contributed by atoms with E-state index < -0.39 is 11.9 Å². The van der Waals surface area contributed by atoms with Crippen molar-refractivity contribution in [2.75, 3.05) is 40.3 Å². The maximum absolute atomic E-state index is 10.8. The fourth-order valence-corrected chi connectivity index (χ4v) is 5.31. The maximum Gasteiger partial charge on any atom is 0.348 e. The smallest absolute Gasteiger partial charge is 0.348 e. The molecule has 0 amide bonds. The molecule has 0 saturated carbocycles. The number of quaternary nitrogens is 2. The number of carbonyl (C=O) groups excluding carboxylic acids is 2. The molecule has 0 aliphatic heterocycles. The zero-order valence-corrected chi connectivity index (χ0v) is 32.8. The highest BCUT2D eigenvalue weighted by atomic mass is 35.5. The van der Waals surface area contributed by atoms with Gasteiger partial charge < -0.3 is 45.1 Å². The predicted molar refractivity (Wildman–Crippen MR) is 194 cm³/mol. The summed E-state index contributed by atoms with van der Waals surface area (Å²) in [6.45, 7) is 10.7. The van der Waals surface area contributed by atoms with Crippen LogP contribution in [-0.4, -0.2) is 52.2 Å². The largest absolute Gasteiger partial charge is 1.00 e. The average Bonchev–Trinajstić information content (AvgIpc) is 3.07. The number of nitrogens with one attached hydrogen (secondary N) is 2. The average molecular weight is 726 g/mol. The van der Waals surface area contributed by atoms with Gasteiger partial charge in [-0.3, -0.25) is 0 Å². The fraction of sp³-hybridized carbons (Fsp3) is 0.842. The maximum atomic E-state index is 10.8. The summed E-state index contributed by atoms with van der Waals surface area (Å²) in [6.07, 6.45) is 37.3. The SMILES string of the molecule is C=CC(=O)ONCCCCCCCCCCCCCCC[NH2+]C.C=CC(=O)ONCCCCCCCCCCCCCCC[NH2+]C.[Cl-].[Cl-]. The molecule has 6 N–H and O–H groups in total. The molecule has 8 nitrogen and oxygen atoms in total. The highest BCUT2D eigenvalue weighted by molar-refractivity contribution is 5.81. The minimum atomic E-state index is -0.413. The van der Waals surface area contributed by atoms with Crippen molar-refractivity contribution < 1.29 is 54.7 Å². The standard InChI is InChI=1S/2C19H38N2O2.2ClH/c2*1-3-19(22)23-21-18-16-14-12-10-8-6-4-5-7-9-11-13-15-17-20-2;;/h2*3,20-21H,1,4-18H2,2H3;2*1H. The molecule has 0 saturated heterocycles. The minimum absolute atomic E-state index is 0. The third-order valence-electron chi connectivity index (χ3n) is 8.22. The van der Waals surface area contributed by atoms with E-state index in [1.165, 1.54) is 167 Å². The Labute approximate surface area is 309 Å². The summed E-state index contributed by atoms with van der Waals surface area (Å²) in [5, 5.41) is 4.54. The van der Waals surface area contributed by atoms with Crippen molar-refractivity contribution in [2.24, 2.45) is 0 Å². The summed E-state index contributed by atoms with van der Waals surface area (Å²) in [5.41, 5.74) is 5.32. The first kappa shape index (κ1) is 53.6. The number of rotatable bonds is 36. The molecule has 0 rings (SSSR count). The molecule has 0 aromatic rings. The summed E-state index contributed by atoms with van der Waals surface area (Å²) >= 11 is 0. The van der Waals surface area contributed by atoms with Crippen LogP contribution in [0.3, 0.4) is 0 Å². The molecule has 288 valence electrons. The van der Waals surface area contributed by atoms with E-state index in [-0.39, 0.29) is 24.8 Å². The lowest BCUT2D eigenvalue weighted by molar-refractivity contribution is -0.627. The van der Waals surface area contributed by atoms with E-state index in [1.54, 1.807) is 0 Å². The van der Waals surface area contributed by atoms with Crippen LogP contribution in [0.5, 0.6) is 0 Å². The molecule has 0 aromatic carbocycles. The summed E-state index contributed by atoms with van der Waals surface area (Å²) in [4.78, 5) is 30.9. The molecule has 48 heavy (non-hydrogen) atoms. The number of hydroxylamine groups is 2. The Morgan fingerprint density at radius 3 is 0.854 bits per heavy atom. The van der Waals surface area contributed by atoms with Crippen molar-refractivity contribution in [2.45, 2.75) is 167 Å². The second kappa shape index (κ2) is 50.2. The number of unbranched alkanes of at least 4 members (excludes halogenated alkanes) is 24. The number of hydrogen-bond donors (Lipinski definition) is 4. The van der Waals surface area contributed by atoms with Gasteiger partial charge in [0.15, 0.2) is 0 Å². The molecule has 0 aliphatic carbocycles. The van der Waals surface area contributed by atoms with Gasteiger partial charge in [-0.25, -0.2) is 9.59 Å². The highest BCUT2D eigenvalue weighted by Gasteiger charge is 1.98. The van der Waals surface area contributed by atoms with Crippen molar-refractivity contribution in [1.82, 2.24) is 11.0 Å². The van der Waals surface area contributed by atoms with Crippen LogP contribution in [0.2, 0.25) is 0 Å². The van der Waals surface area contributed by atoms with Gasteiger partial charge in [0.2, 0.25) is 0 Å². The Morgan fingerprint density at radius 1 is 0.438 bits per heavy atom. The number of hydrogen-bond acceptors (Lipinski definition) is 6. The van der Waals surface area contributed by atoms with Crippen molar-refractivity contribution >= 4 is 11.9 Å². The van der Waals surface area contributed by atoms with Gasteiger partial charge in [-0.1, -0.05) is 142 Å². The van der Waals surface area contributed by atoms with E-state index in [4.69, 9.17) is 9.68 Å². The van der Waals surface area contributed by atoms with Gasteiger partial charge >= 0.3 is 11.9 Å². The number of nitrogens with two attached hydrogens (primary N) is 2. The molecule has 0 radical (unpaired) electrons. The monoisotopic (exact) mass is 725 g/mol. The van der Waals surface area contributed by atoms with Crippen LogP contribution in [0.25, 0.3) is 0 Å². The summed E-state index contributed by atoms with van der Waals surface area (Å²) < 4.78 is 0. The Bertz CT molecular complexity index is 606. The lowest BCUT2D eigenvalue weighted by Gasteiger charge is -2.04. The third kappa shape index (κ3) is 51.7. The number of carbonyl (C=O) groups is 2. The highest BCUT2D eigenvalue weighted by Crippen LogP contribution is 2.13. The van der Waals surface area contributed by atoms with E-state index in [9.17, 15) is 9.59 Å². The van der Waals surface area contributed by atoms with Crippen molar-refractivity contribution in [1.29, 1.82) is 0 Å². The molecular weight excluding hydrogens is 647 g/mol. The fourth-order valence-electron chi connectivity index (χ4n) is 5.31. The Kier molecular flexibility index (Phi) is 56.1. The first-order valence-electron chi connectivity index (χ1n) is 19.3. The normalized spacial score (nSPS) is 10.2. The van der Waals surface area contributed by atoms with E-state index in [1.807, 2.05) is 0 Å². The lowest BCUT2D eigenvalue weighted by atomic mass is 10.0. The molecule has 0 unspecified atom stereocenters. The molecule has 0 spiro atoms. The van der Waals surface area contributed by atoms with Gasteiger partial charge in [0.05, 0.1) is 27.2 Å². The van der Waals surface area contributed by atoms with E-state index in [0.29, 0.717) is 0 Å². The van der Waals surface area contributed by atoms with E-state index in [0.717, 1.165) is 38.1 Å². The van der Waals surface area contributed by atoms with Crippen molar-refractivity contribution in [3.63, 3.8) is 0 Å². The second-order valence-corrected chi connectivity index (χ2v) is 12.6. The van der Waals surface area contributed by atoms with Gasteiger partial charge in [0, 0.05) is 25.2 Å². The summed E-state index contributed by atoms with van der Waals surface area (Å²) in [7, 11) is 4.30. The molecule has 0 fully saturated rings. The number of halogens is 2. The molecule has 0 bridgehead atoms. The molecule has 0 aliphatic rings. The predicted octanol–water partition coefficient (Wildman–Crippen LogP) is 0.977. The van der Waals surface area contributed by atoms with Crippen molar-refractivity contribution in [3.05, 3.63) is 25.3 Å². The van der Waals surface area contributed by atoms with Crippen LogP contribution < -0.4 is 46.4 Å². The Balaban J connectivity index is -0.000000387. The minimum Gasteiger partial charge on any atom is -1.00 e. The second-order valence-electron chi connectivity index (χ2n) is 12.6. The van der Waals surface area contributed by atoms with Gasteiger partial charge in [-0.15, -0.1) is 0 Å². The zero-order chi connectivity index (χ0) is 34.0. The van der Waals surface area contributed by atoms with Crippen LogP contribution in [0.1, 0.15) is 167 Å². The first-order chi connectivity index (χ1) is 22.6. The van der Waals surface area contributed by atoms with Gasteiger partial charge in [-0.2, -0.15) is 11.0 Å². The van der Waals surface area contributed by atoms with Crippen LogP contribution in [0.15, 0.2) is 25.3 Å². The Hall–Kier alpha value is -1.16. The summed E-state index contributed by atoms with van der Waals surface area (Å²) in [5.74, 6) is -0.825. The topological polar surface area (TPSA) is 110 Å². The van der Waals surface area contributed by atoms with Gasteiger partial charge in [0.1, 0.15) is 0 Å². The third-order valence-corrected chi connectivity index (χ3v) is 8.22.